The standard InChI is InChI=1S/C25H30N4O2/c1-19-7-3-4-8-20(19)17-27(2)25(31)18-28-11-13-29(14-12-28)24(30)15-21-16-26-23-10-6-5-9-22(21)23/h3-10,16,26H,11-15,17-18H2,1-2H3. The van der Waals surface area contributed by atoms with E-state index in [0.717, 1.165) is 29.6 Å². The van der Waals surface area contributed by atoms with Crippen molar-refractivity contribution in [1.82, 2.24) is 19.7 Å². The van der Waals surface area contributed by atoms with Gasteiger partial charge in [-0.05, 0) is 29.7 Å². The van der Waals surface area contributed by atoms with Crippen molar-refractivity contribution in [2.75, 3.05) is 39.8 Å². The molecule has 0 radical (unpaired) electrons. The molecule has 0 atom stereocenters. The molecule has 1 aliphatic rings. The van der Waals surface area contributed by atoms with E-state index in [1.54, 1.807) is 4.90 Å². The number of carbonyl (C=O) groups excluding carboxylic acids is 2. The van der Waals surface area contributed by atoms with Gasteiger partial charge in [0.15, 0.2) is 0 Å². The van der Waals surface area contributed by atoms with Crippen LogP contribution in [0.3, 0.4) is 0 Å². The summed E-state index contributed by atoms with van der Waals surface area (Å²) in [6.45, 7) is 5.86. The van der Waals surface area contributed by atoms with Crippen LogP contribution in [0.25, 0.3) is 10.9 Å². The lowest BCUT2D eigenvalue weighted by Crippen LogP contribution is -2.51. The number of H-pyrrole nitrogens is 1. The molecule has 0 unspecified atom stereocenters. The minimum Gasteiger partial charge on any atom is -0.361 e. The topological polar surface area (TPSA) is 59.7 Å². The molecule has 4 rings (SSSR count). The van der Waals surface area contributed by atoms with E-state index >= 15 is 0 Å². The number of piperazine rings is 1. The van der Waals surface area contributed by atoms with Gasteiger partial charge >= 0.3 is 0 Å². The lowest BCUT2D eigenvalue weighted by Gasteiger charge is -2.35. The van der Waals surface area contributed by atoms with Crippen LogP contribution in [0.2, 0.25) is 0 Å². The number of aromatic amines is 1. The van der Waals surface area contributed by atoms with Crippen LogP contribution in [-0.2, 0) is 22.6 Å². The third-order valence-corrected chi connectivity index (χ3v) is 6.19. The fourth-order valence-electron chi connectivity index (χ4n) is 4.15. The van der Waals surface area contributed by atoms with Crippen LogP contribution in [-0.4, -0.2) is 71.3 Å². The SMILES string of the molecule is Cc1ccccc1CN(C)C(=O)CN1CCN(C(=O)Cc2c[nH]c3ccccc23)CC1. The minimum absolute atomic E-state index is 0.113. The first-order valence-corrected chi connectivity index (χ1v) is 10.8. The minimum atomic E-state index is 0.113. The first-order chi connectivity index (χ1) is 15.0. The molecular weight excluding hydrogens is 388 g/mol. The molecular formula is C25H30N4O2. The number of amides is 2. The van der Waals surface area contributed by atoms with Crippen molar-refractivity contribution < 1.29 is 9.59 Å². The number of para-hydroxylation sites is 1. The predicted molar refractivity (Wildman–Crippen MR) is 123 cm³/mol. The summed E-state index contributed by atoms with van der Waals surface area (Å²) in [6.07, 6.45) is 2.34. The summed E-state index contributed by atoms with van der Waals surface area (Å²) < 4.78 is 0. The Morgan fingerprint density at radius 3 is 2.45 bits per heavy atom. The van der Waals surface area contributed by atoms with Crippen LogP contribution >= 0.6 is 0 Å². The van der Waals surface area contributed by atoms with Crippen LogP contribution in [0.5, 0.6) is 0 Å². The number of aromatic nitrogens is 1. The molecule has 6 nitrogen and oxygen atoms in total. The maximum Gasteiger partial charge on any atom is 0.236 e. The number of hydrogen-bond donors (Lipinski definition) is 1. The summed E-state index contributed by atoms with van der Waals surface area (Å²) >= 11 is 0. The average molecular weight is 419 g/mol. The number of rotatable bonds is 6. The largest absolute Gasteiger partial charge is 0.361 e. The molecule has 3 aromatic rings. The van der Waals surface area contributed by atoms with E-state index in [-0.39, 0.29) is 11.8 Å². The second-order valence-corrected chi connectivity index (χ2v) is 8.37. The lowest BCUT2D eigenvalue weighted by atomic mass is 10.1. The van der Waals surface area contributed by atoms with Crippen molar-refractivity contribution in [2.24, 2.45) is 0 Å². The quantitative estimate of drug-likeness (QED) is 0.670. The van der Waals surface area contributed by atoms with Crippen molar-refractivity contribution in [3.05, 3.63) is 71.4 Å². The summed E-state index contributed by atoms with van der Waals surface area (Å²) in [5.41, 5.74) is 4.47. The molecule has 2 aromatic carbocycles. The van der Waals surface area contributed by atoms with Gasteiger partial charge in [0.05, 0.1) is 13.0 Å². The predicted octanol–water partition coefficient (Wildman–Crippen LogP) is 2.82. The molecule has 162 valence electrons. The van der Waals surface area contributed by atoms with E-state index in [1.807, 2.05) is 54.5 Å². The van der Waals surface area contributed by atoms with E-state index in [4.69, 9.17) is 0 Å². The van der Waals surface area contributed by atoms with Crippen molar-refractivity contribution in [1.29, 1.82) is 0 Å². The molecule has 0 aliphatic carbocycles. The number of fused-ring (bicyclic) bond motifs is 1. The Morgan fingerprint density at radius 1 is 0.968 bits per heavy atom. The fraction of sp³-hybridized carbons (Fsp3) is 0.360. The Kier molecular flexibility index (Phi) is 6.37. The van der Waals surface area contributed by atoms with E-state index in [1.165, 1.54) is 11.1 Å². The van der Waals surface area contributed by atoms with Gasteiger partial charge in [-0.1, -0.05) is 42.5 Å². The highest BCUT2D eigenvalue weighted by atomic mass is 16.2. The highest BCUT2D eigenvalue weighted by Crippen LogP contribution is 2.19. The monoisotopic (exact) mass is 418 g/mol. The van der Waals surface area contributed by atoms with E-state index in [0.29, 0.717) is 32.6 Å². The summed E-state index contributed by atoms with van der Waals surface area (Å²) in [4.78, 5) is 34.6. The Bertz CT molecular complexity index is 1070. The van der Waals surface area contributed by atoms with Gasteiger partial charge in [0.1, 0.15) is 0 Å². The third kappa shape index (κ3) is 4.97. The van der Waals surface area contributed by atoms with Crippen LogP contribution < -0.4 is 0 Å². The second kappa shape index (κ2) is 9.35. The number of benzene rings is 2. The van der Waals surface area contributed by atoms with Gasteiger partial charge in [-0.3, -0.25) is 14.5 Å². The van der Waals surface area contributed by atoms with Gasteiger partial charge in [0, 0.05) is 56.9 Å². The molecule has 1 aromatic heterocycles. The smallest absolute Gasteiger partial charge is 0.236 e. The zero-order valence-electron chi connectivity index (χ0n) is 18.3. The zero-order valence-corrected chi connectivity index (χ0v) is 18.3. The fourth-order valence-corrected chi connectivity index (χ4v) is 4.15. The Morgan fingerprint density at radius 2 is 1.68 bits per heavy atom. The number of aryl methyl sites for hydroxylation is 1. The lowest BCUT2D eigenvalue weighted by molar-refractivity contribution is -0.134. The molecule has 1 aliphatic heterocycles. The number of nitrogens with one attached hydrogen (secondary N) is 1. The van der Waals surface area contributed by atoms with Crippen LogP contribution in [0.1, 0.15) is 16.7 Å². The van der Waals surface area contributed by atoms with Crippen molar-refractivity contribution in [3.63, 3.8) is 0 Å². The van der Waals surface area contributed by atoms with E-state index < -0.39 is 0 Å². The first kappa shape index (κ1) is 21.1. The average Bonchev–Trinajstić information content (AvgIpc) is 3.18. The maximum atomic E-state index is 12.8. The molecule has 31 heavy (non-hydrogen) atoms. The molecule has 0 bridgehead atoms. The Labute approximate surface area is 183 Å². The number of likely N-dealkylation sites (N-methyl/N-ethyl adjacent to an activating group) is 1. The van der Waals surface area contributed by atoms with Gasteiger partial charge in [-0.15, -0.1) is 0 Å². The molecule has 0 spiro atoms. The highest BCUT2D eigenvalue weighted by Gasteiger charge is 2.24. The molecule has 2 heterocycles. The molecule has 0 saturated carbocycles. The molecule has 1 fully saturated rings. The summed E-state index contributed by atoms with van der Waals surface area (Å²) in [6, 6.07) is 16.2. The van der Waals surface area contributed by atoms with Gasteiger partial charge < -0.3 is 14.8 Å². The molecule has 1 saturated heterocycles. The van der Waals surface area contributed by atoms with Crippen molar-refractivity contribution in [2.45, 2.75) is 19.9 Å². The highest BCUT2D eigenvalue weighted by molar-refractivity contribution is 5.89. The van der Waals surface area contributed by atoms with Crippen molar-refractivity contribution in [3.8, 4) is 0 Å². The number of hydrogen-bond acceptors (Lipinski definition) is 3. The molecule has 2 amide bonds. The van der Waals surface area contributed by atoms with Crippen LogP contribution in [0, 0.1) is 6.92 Å². The van der Waals surface area contributed by atoms with Gasteiger partial charge in [-0.25, -0.2) is 0 Å². The van der Waals surface area contributed by atoms with Gasteiger partial charge in [-0.2, -0.15) is 0 Å². The third-order valence-electron chi connectivity index (χ3n) is 6.19. The van der Waals surface area contributed by atoms with E-state index in [9.17, 15) is 9.59 Å². The Balaban J connectivity index is 1.26. The van der Waals surface area contributed by atoms with Crippen molar-refractivity contribution >= 4 is 22.7 Å². The number of carbonyl (C=O) groups is 2. The summed E-state index contributed by atoms with van der Waals surface area (Å²) in [5, 5.41) is 1.11. The first-order valence-electron chi connectivity index (χ1n) is 10.8. The summed E-state index contributed by atoms with van der Waals surface area (Å²) in [5.74, 6) is 0.259. The normalized spacial score (nSPS) is 14.7. The maximum absolute atomic E-state index is 12.8. The van der Waals surface area contributed by atoms with Gasteiger partial charge in [0.25, 0.3) is 0 Å². The molecule has 6 heteroatoms. The van der Waals surface area contributed by atoms with Crippen LogP contribution in [0.15, 0.2) is 54.7 Å². The van der Waals surface area contributed by atoms with Crippen LogP contribution in [0.4, 0.5) is 0 Å². The Hall–Kier alpha value is -3.12. The number of nitrogens with zero attached hydrogens (tertiary/aromatic N) is 3. The summed E-state index contributed by atoms with van der Waals surface area (Å²) in [7, 11) is 1.86. The van der Waals surface area contributed by atoms with Gasteiger partial charge in [0.2, 0.25) is 11.8 Å². The molecule has 1 N–H and O–H groups in total. The van der Waals surface area contributed by atoms with E-state index in [2.05, 4.69) is 28.9 Å². The second-order valence-electron chi connectivity index (χ2n) is 8.37. The zero-order chi connectivity index (χ0) is 21.8.